The summed E-state index contributed by atoms with van der Waals surface area (Å²) < 4.78 is 25.1. The molecule has 1 rings (SSSR count). The van der Waals surface area contributed by atoms with Crippen molar-refractivity contribution in [3.8, 4) is 0 Å². The molecule has 0 radical (unpaired) electrons. The lowest BCUT2D eigenvalue weighted by molar-refractivity contribution is -0.107. The van der Waals surface area contributed by atoms with Crippen LogP contribution in [0.3, 0.4) is 0 Å². The van der Waals surface area contributed by atoms with Crippen molar-refractivity contribution in [2.75, 3.05) is 14.1 Å². The third-order valence-corrected chi connectivity index (χ3v) is 4.18. The van der Waals surface area contributed by atoms with Gasteiger partial charge in [0.1, 0.15) is 6.29 Å². The van der Waals surface area contributed by atoms with Crippen molar-refractivity contribution in [3.63, 3.8) is 0 Å². The molecule has 0 N–H and O–H groups in total. The van der Waals surface area contributed by atoms with Crippen molar-refractivity contribution in [2.24, 2.45) is 0 Å². The van der Waals surface area contributed by atoms with Gasteiger partial charge in [-0.2, -0.15) is 0 Å². The SMILES string of the molecule is CN(C)S(=O)(=O)c1ccccc1CCC=O. The molecule has 0 aliphatic rings. The quantitative estimate of drug-likeness (QED) is 0.724. The number of hydrogen-bond acceptors (Lipinski definition) is 3. The van der Waals surface area contributed by atoms with Gasteiger partial charge in [-0.25, -0.2) is 12.7 Å². The van der Waals surface area contributed by atoms with E-state index in [1.165, 1.54) is 18.4 Å². The highest BCUT2D eigenvalue weighted by atomic mass is 32.2. The van der Waals surface area contributed by atoms with Gasteiger partial charge in [0.2, 0.25) is 10.0 Å². The number of aryl methyl sites for hydroxylation is 1. The minimum atomic E-state index is -3.42. The standard InChI is InChI=1S/C11H15NO3S/c1-12(2)16(14,15)11-8-4-3-6-10(11)7-5-9-13/h3-4,6,8-9H,5,7H2,1-2H3. The second kappa shape index (κ2) is 5.23. The van der Waals surface area contributed by atoms with E-state index in [4.69, 9.17) is 0 Å². The summed E-state index contributed by atoms with van der Waals surface area (Å²) in [4.78, 5) is 10.6. The van der Waals surface area contributed by atoms with Gasteiger partial charge in [0.15, 0.2) is 0 Å². The zero-order valence-corrected chi connectivity index (χ0v) is 10.2. The summed E-state index contributed by atoms with van der Waals surface area (Å²) in [5.74, 6) is 0. The molecule has 0 unspecified atom stereocenters. The predicted octanol–water partition coefficient (Wildman–Crippen LogP) is 1.07. The van der Waals surface area contributed by atoms with Crippen LogP contribution < -0.4 is 0 Å². The summed E-state index contributed by atoms with van der Waals surface area (Å²) in [6, 6.07) is 6.75. The Balaban J connectivity index is 3.18. The van der Waals surface area contributed by atoms with Crippen LogP contribution in [0, 0.1) is 0 Å². The summed E-state index contributed by atoms with van der Waals surface area (Å²) in [5, 5.41) is 0. The fourth-order valence-corrected chi connectivity index (χ4v) is 2.52. The van der Waals surface area contributed by atoms with Gasteiger partial charge >= 0.3 is 0 Å². The van der Waals surface area contributed by atoms with Gasteiger partial charge in [-0.3, -0.25) is 0 Å². The van der Waals surface area contributed by atoms with E-state index in [1.54, 1.807) is 24.3 Å². The predicted molar refractivity (Wildman–Crippen MR) is 61.7 cm³/mol. The van der Waals surface area contributed by atoms with Crippen molar-refractivity contribution in [2.45, 2.75) is 17.7 Å². The number of rotatable bonds is 5. The van der Waals surface area contributed by atoms with E-state index in [9.17, 15) is 13.2 Å². The van der Waals surface area contributed by atoms with Gasteiger partial charge in [0.05, 0.1) is 4.90 Å². The molecule has 1 aromatic rings. The van der Waals surface area contributed by atoms with Crippen molar-refractivity contribution in [1.82, 2.24) is 4.31 Å². The highest BCUT2D eigenvalue weighted by molar-refractivity contribution is 7.89. The van der Waals surface area contributed by atoms with E-state index in [-0.39, 0.29) is 4.90 Å². The van der Waals surface area contributed by atoms with Gasteiger partial charge in [0, 0.05) is 20.5 Å². The molecule has 0 aliphatic heterocycles. The number of carbonyl (C=O) groups excluding carboxylic acids is 1. The van der Waals surface area contributed by atoms with Crippen LogP contribution in [0.5, 0.6) is 0 Å². The van der Waals surface area contributed by atoms with Crippen LogP contribution in [0.2, 0.25) is 0 Å². The Morgan fingerprint density at radius 3 is 2.44 bits per heavy atom. The monoisotopic (exact) mass is 241 g/mol. The van der Waals surface area contributed by atoms with Crippen LogP contribution in [-0.2, 0) is 21.2 Å². The Labute approximate surface area is 95.9 Å². The molecule has 0 heterocycles. The number of aldehydes is 1. The molecule has 0 bridgehead atoms. The van der Waals surface area contributed by atoms with Gasteiger partial charge in [0.25, 0.3) is 0 Å². The maximum Gasteiger partial charge on any atom is 0.242 e. The third kappa shape index (κ3) is 2.68. The molecular formula is C11H15NO3S. The highest BCUT2D eigenvalue weighted by Gasteiger charge is 2.19. The van der Waals surface area contributed by atoms with E-state index < -0.39 is 10.0 Å². The fraction of sp³-hybridized carbons (Fsp3) is 0.364. The lowest BCUT2D eigenvalue weighted by Crippen LogP contribution is -2.23. The highest BCUT2D eigenvalue weighted by Crippen LogP contribution is 2.19. The Hall–Kier alpha value is -1.20. The smallest absolute Gasteiger partial charge is 0.242 e. The Kier molecular flexibility index (Phi) is 4.20. The van der Waals surface area contributed by atoms with E-state index in [0.717, 1.165) is 6.29 Å². The minimum absolute atomic E-state index is 0.279. The van der Waals surface area contributed by atoms with Crippen molar-refractivity contribution < 1.29 is 13.2 Å². The van der Waals surface area contributed by atoms with Crippen LogP contribution in [0.25, 0.3) is 0 Å². The van der Waals surface area contributed by atoms with E-state index in [2.05, 4.69) is 0 Å². The number of hydrogen-bond donors (Lipinski definition) is 0. The van der Waals surface area contributed by atoms with Crippen LogP contribution in [0.1, 0.15) is 12.0 Å². The first kappa shape index (κ1) is 12.9. The molecule has 0 fully saturated rings. The average Bonchev–Trinajstić information content (AvgIpc) is 2.26. The molecule has 4 nitrogen and oxygen atoms in total. The first-order valence-electron chi connectivity index (χ1n) is 4.94. The summed E-state index contributed by atoms with van der Waals surface area (Å²) in [6.45, 7) is 0. The molecule has 0 saturated carbocycles. The first-order valence-corrected chi connectivity index (χ1v) is 6.38. The number of sulfonamides is 1. The van der Waals surface area contributed by atoms with Crippen LogP contribution in [0.4, 0.5) is 0 Å². The molecule has 1 aromatic carbocycles. The Morgan fingerprint density at radius 2 is 1.88 bits per heavy atom. The fourth-order valence-electron chi connectivity index (χ4n) is 1.37. The first-order chi connectivity index (χ1) is 7.50. The second-order valence-corrected chi connectivity index (χ2v) is 5.72. The van der Waals surface area contributed by atoms with Crippen LogP contribution >= 0.6 is 0 Å². The molecule has 0 aliphatic carbocycles. The molecular weight excluding hydrogens is 226 g/mol. The molecule has 88 valence electrons. The maximum absolute atomic E-state index is 12.0. The Morgan fingerprint density at radius 1 is 1.25 bits per heavy atom. The van der Waals surface area contributed by atoms with E-state index >= 15 is 0 Å². The van der Waals surface area contributed by atoms with Crippen LogP contribution in [-0.4, -0.2) is 33.1 Å². The summed E-state index contributed by atoms with van der Waals surface area (Å²) >= 11 is 0. The van der Waals surface area contributed by atoms with E-state index in [1.807, 2.05) is 0 Å². The average molecular weight is 241 g/mol. The lowest BCUT2D eigenvalue weighted by Gasteiger charge is -2.14. The van der Waals surface area contributed by atoms with Crippen molar-refractivity contribution >= 4 is 16.3 Å². The van der Waals surface area contributed by atoms with Crippen molar-refractivity contribution in [1.29, 1.82) is 0 Å². The van der Waals surface area contributed by atoms with Crippen LogP contribution in [0.15, 0.2) is 29.2 Å². The molecule has 0 amide bonds. The number of carbonyl (C=O) groups is 1. The second-order valence-electron chi connectivity index (χ2n) is 3.60. The zero-order valence-electron chi connectivity index (χ0n) is 9.38. The summed E-state index contributed by atoms with van der Waals surface area (Å²) in [5.41, 5.74) is 0.684. The van der Waals surface area contributed by atoms with Gasteiger partial charge in [-0.05, 0) is 18.1 Å². The Bertz CT molecular complexity index is 466. The minimum Gasteiger partial charge on any atom is -0.303 e. The molecule has 0 atom stereocenters. The molecule has 16 heavy (non-hydrogen) atoms. The molecule has 0 saturated heterocycles. The van der Waals surface area contributed by atoms with Crippen molar-refractivity contribution in [3.05, 3.63) is 29.8 Å². The topological polar surface area (TPSA) is 54.5 Å². The van der Waals surface area contributed by atoms with Gasteiger partial charge in [-0.15, -0.1) is 0 Å². The number of benzene rings is 1. The van der Waals surface area contributed by atoms with Gasteiger partial charge < -0.3 is 4.79 Å². The zero-order chi connectivity index (χ0) is 12.2. The lowest BCUT2D eigenvalue weighted by atomic mass is 10.1. The summed E-state index contributed by atoms with van der Waals surface area (Å²) in [7, 11) is -0.437. The number of nitrogens with zero attached hydrogens (tertiary/aromatic N) is 1. The molecule has 0 aromatic heterocycles. The largest absolute Gasteiger partial charge is 0.303 e. The third-order valence-electron chi connectivity index (χ3n) is 2.26. The maximum atomic E-state index is 12.0. The summed E-state index contributed by atoms with van der Waals surface area (Å²) in [6.07, 6.45) is 1.58. The van der Waals surface area contributed by atoms with Gasteiger partial charge in [-0.1, -0.05) is 18.2 Å². The molecule has 5 heteroatoms. The normalized spacial score (nSPS) is 11.7. The van der Waals surface area contributed by atoms with E-state index in [0.29, 0.717) is 18.4 Å². The molecule has 0 spiro atoms.